The second kappa shape index (κ2) is 7.04. The van der Waals surface area contributed by atoms with Crippen molar-refractivity contribution < 1.29 is 0 Å². The zero-order valence-electron chi connectivity index (χ0n) is 9.66. The summed E-state index contributed by atoms with van der Waals surface area (Å²) in [5.74, 6) is 0. The van der Waals surface area contributed by atoms with Gasteiger partial charge in [-0.15, -0.1) is 0 Å². The predicted octanol–water partition coefficient (Wildman–Crippen LogP) is 3.19. The lowest BCUT2D eigenvalue weighted by atomic mass is 10.1. The van der Waals surface area contributed by atoms with Crippen LogP contribution in [0.25, 0.3) is 0 Å². The molecule has 1 aromatic rings. The molecule has 2 nitrogen and oxygen atoms in total. The van der Waals surface area contributed by atoms with Crippen LogP contribution in [0.5, 0.6) is 0 Å². The fraction of sp³-hybridized carbons (Fsp3) is 0.462. The van der Waals surface area contributed by atoms with E-state index in [1.165, 1.54) is 5.56 Å². The second-order valence-corrected chi connectivity index (χ2v) is 3.58. The second-order valence-electron chi connectivity index (χ2n) is 3.58. The highest BCUT2D eigenvalue weighted by molar-refractivity contribution is 6.00. The van der Waals surface area contributed by atoms with Gasteiger partial charge in [0.05, 0.1) is 5.71 Å². The van der Waals surface area contributed by atoms with E-state index in [4.69, 9.17) is 0 Å². The molecule has 15 heavy (non-hydrogen) atoms. The van der Waals surface area contributed by atoms with Crippen molar-refractivity contribution in [1.82, 2.24) is 5.43 Å². The van der Waals surface area contributed by atoms with E-state index in [0.29, 0.717) is 0 Å². The van der Waals surface area contributed by atoms with Gasteiger partial charge in [0.1, 0.15) is 0 Å². The lowest BCUT2D eigenvalue weighted by Crippen LogP contribution is -2.12. The van der Waals surface area contributed by atoms with Crippen LogP contribution in [0.15, 0.2) is 35.4 Å². The Kier molecular flexibility index (Phi) is 5.52. The number of hydrogen-bond donors (Lipinski definition) is 1. The Bertz CT molecular complexity index is 291. The Morgan fingerprint density at radius 3 is 2.47 bits per heavy atom. The van der Waals surface area contributed by atoms with Gasteiger partial charge < -0.3 is 5.43 Å². The highest BCUT2D eigenvalue weighted by atomic mass is 15.3. The van der Waals surface area contributed by atoms with E-state index in [2.05, 4.69) is 48.6 Å². The molecule has 1 rings (SSSR count). The third-order valence-corrected chi connectivity index (χ3v) is 2.17. The van der Waals surface area contributed by atoms with E-state index in [0.717, 1.165) is 31.5 Å². The lowest BCUT2D eigenvalue weighted by molar-refractivity contribution is 0.712. The van der Waals surface area contributed by atoms with E-state index in [1.807, 2.05) is 6.07 Å². The molecular weight excluding hydrogens is 184 g/mol. The number of hydrazone groups is 1. The molecule has 0 aliphatic heterocycles. The summed E-state index contributed by atoms with van der Waals surface area (Å²) in [4.78, 5) is 0. The van der Waals surface area contributed by atoms with Gasteiger partial charge in [0.25, 0.3) is 0 Å². The van der Waals surface area contributed by atoms with Gasteiger partial charge in [0, 0.05) is 6.54 Å². The first-order valence-corrected chi connectivity index (χ1v) is 5.73. The van der Waals surface area contributed by atoms with Gasteiger partial charge in [-0.05, 0) is 18.4 Å². The number of benzene rings is 1. The summed E-state index contributed by atoms with van der Waals surface area (Å²) in [5.41, 5.74) is 5.49. The monoisotopic (exact) mass is 204 g/mol. The minimum absolute atomic E-state index is 0.944. The van der Waals surface area contributed by atoms with E-state index < -0.39 is 0 Å². The average molecular weight is 204 g/mol. The summed E-state index contributed by atoms with van der Waals surface area (Å²) in [6.45, 7) is 5.27. The van der Waals surface area contributed by atoms with Crippen LogP contribution >= 0.6 is 0 Å². The molecule has 0 aliphatic rings. The largest absolute Gasteiger partial charge is 0.310 e. The summed E-state index contributed by atoms with van der Waals surface area (Å²) in [6, 6.07) is 10.4. The predicted molar refractivity (Wildman–Crippen MR) is 66.2 cm³/mol. The molecule has 82 valence electrons. The highest BCUT2D eigenvalue weighted by Crippen LogP contribution is 2.05. The van der Waals surface area contributed by atoms with Crippen molar-refractivity contribution in [2.75, 3.05) is 6.54 Å². The van der Waals surface area contributed by atoms with Crippen LogP contribution in [0.1, 0.15) is 38.7 Å². The van der Waals surface area contributed by atoms with E-state index in [-0.39, 0.29) is 0 Å². The van der Waals surface area contributed by atoms with Crippen LogP contribution in [-0.2, 0) is 0 Å². The van der Waals surface area contributed by atoms with Crippen molar-refractivity contribution in [1.29, 1.82) is 0 Å². The zero-order valence-corrected chi connectivity index (χ0v) is 9.66. The SMILES string of the molecule is CCCN/N=C(\CCC)c1ccccc1. The molecule has 0 aromatic heterocycles. The van der Waals surface area contributed by atoms with Crippen molar-refractivity contribution in [3.8, 4) is 0 Å². The van der Waals surface area contributed by atoms with Crippen LogP contribution in [-0.4, -0.2) is 12.3 Å². The minimum atomic E-state index is 0.944. The van der Waals surface area contributed by atoms with Crippen molar-refractivity contribution in [2.45, 2.75) is 33.1 Å². The topological polar surface area (TPSA) is 24.4 Å². The molecule has 0 fully saturated rings. The molecule has 0 saturated heterocycles. The fourth-order valence-electron chi connectivity index (χ4n) is 1.40. The normalized spacial score (nSPS) is 11.5. The fourth-order valence-corrected chi connectivity index (χ4v) is 1.40. The van der Waals surface area contributed by atoms with E-state index in [1.54, 1.807) is 0 Å². The summed E-state index contributed by atoms with van der Waals surface area (Å²) in [7, 11) is 0. The van der Waals surface area contributed by atoms with Crippen LogP contribution in [0.3, 0.4) is 0 Å². The van der Waals surface area contributed by atoms with Crippen LogP contribution in [0, 0.1) is 0 Å². The molecule has 0 spiro atoms. The van der Waals surface area contributed by atoms with E-state index >= 15 is 0 Å². The molecule has 0 saturated carbocycles. The Morgan fingerprint density at radius 2 is 1.87 bits per heavy atom. The van der Waals surface area contributed by atoms with E-state index in [9.17, 15) is 0 Å². The molecule has 0 aliphatic carbocycles. The number of rotatable bonds is 6. The minimum Gasteiger partial charge on any atom is -0.310 e. The summed E-state index contributed by atoms with van der Waals surface area (Å²) in [6.07, 6.45) is 3.26. The molecule has 0 unspecified atom stereocenters. The Morgan fingerprint density at radius 1 is 1.13 bits per heavy atom. The summed E-state index contributed by atoms with van der Waals surface area (Å²) < 4.78 is 0. The highest BCUT2D eigenvalue weighted by Gasteiger charge is 2.00. The third kappa shape index (κ3) is 4.15. The molecular formula is C13H20N2. The molecule has 0 heterocycles. The van der Waals surface area contributed by atoms with Gasteiger partial charge in [0.15, 0.2) is 0 Å². The van der Waals surface area contributed by atoms with Crippen molar-refractivity contribution in [2.24, 2.45) is 5.10 Å². The van der Waals surface area contributed by atoms with Gasteiger partial charge in [-0.1, -0.05) is 50.6 Å². The summed E-state index contributed by atoms with van der Waals surface area (Å²) >= 11 is 0. The zero-order chi connectivity index (χ0) is 10.9. The lowest BCUT2D eigenvalue weighted by Gasteiger charge is -2.06. The third-order valence-electron chi connectivity index (χ3n) is 2.17. The molecule has 1 aromatic carbocycles. The molecule has 0 amide bonds. The number of nitrogens with one attached hydrogen (secondary N) is 1. The molecule has 2 heteroatoms. The summed E-state index contributed by atoms with van der Waals surface area (Å²) in [5, 5.41) is 4.44. The first kappa shape index (κ1) is 11.8. The first-order chi connectivity index (χ1) is 7.38. The first-order valence-electron chi connectivity index (χ1n) is 5.73. The number of hydrogen-bond acceptors (Lipinski definition) is 2. The van der Waals surface area contributed by atoms with Crippen molar-refractivity contribution >= 4 is 5.71 Å². The maximum atomic E-state index is 4.44. The molecule has 1 N–H and O–H groups in total. The van der Waals surface area contributed by atoms with Crippen LogP contribution in [0.4, 0.5) is 0 Å². The Labute approximate surface area is 92.4 Å². The maximum Gasteiger partial charge on any atom is 0.0675 e. The Hall–Kier alpha value is -1.31. The van der Waals surface area contributed by atoms with Gasteiger partial charge in [0.2, 0.25) is 0 Å². The molecule has 0 atom stereocenters. The van der Waals surface area contributed by atoms with Crippen LogP contribution in [0.2, 0.25) is 0 Å². The van der Waals surface area contributed by atoms with Crippen molar-refractivity contribution in [3.63, 3.8) is 0 Å². The Balaban J connectivity index is 2.69. The smallest absolute Gasteiger partial charge is 0.0675 e. The van der Waals surface area contributed by atoms with Gasteiger partial charge in [-0.3, -0.25) is 0 Å². The average Bonchev–Trinajstić information content (AvgIpc) is 2.29. The number of nitrogens with zero attached hydrogens (tertiary/aromatic N) is 1. The van der Waals surface area contributed by atoms with Gasteiger partial charge in [-0.25, -0.2) is 0 Å². The quantitative estimate of drug-likeness (QED) is 0.429. The molecule has 0 bridgehead atoms. The van der Waals surface area contributed by atoms with Gasteiger partial charge in [-0.2, -0.15) is 5.10 Å². The molecule has 0 radical (unpaired) electrons. The van der Waals surface area contributed by atoms with Crippen molar-refractivity contribution in [3.05, 3.63) is 35.9 Å². The standard InChI is InChI=1S/C13H20N2/c1-3-8-13(15-14-11-4-2)12-9-6-5-7-10-12/h5-7,9-10,14H,3-4,8,11H2,1-2H3/b15-13+. The van der Waals surface area contributed by atoms with Gasteiger partial charge >= 0.3 is 0 Å². The maximum absolute atomic E-state index is 4.44. The van der Waals surface area contributed by atoms with Crippen LogP contribution < -0.4 is 5.43 Å².